The van der Waals surface area contributed by atoms with Crippen molar-refractivity contribution in [3.05, 3.63) is 24.3 Å². The highest BCUT2D eigenvalue weighted by Gasteiger charge is 2.32. The third-order valence-electron chi connectivity index (χ3n) is 4.98. The molecule has 0 aromatic rings. The Balaban J connectivity index is 2.32. The molecule has 0 spiro atoms. The summed E-state index contributed by atoms with van der Waals surface area (Å²) >= 11 is 0. The summed E-state index contributed by atoms with van der Waals surface area (Å²) in [5.74, 6) is -0.0729. The van der Waals surface area contributed by atoms with E-state index >= 15 is 0 Å². The van der Waals surface area contributed by atoms with Gasteiger partial charge in [-0.1, -0.05) is 38.0 Å². The molecule has 1 saturated carbocycles. The quantitative estimate of drug-likeness (QED) is 0.287. The third kappa shape index (κ3) is 9.59. The second-order valence-electron chi connectivity index (χ2n) is 7.10. The lowest BCUT2D eigenvalue weighted by Crippen LogP contribution is -2.17. The summed E-state index contributed by atoms with van der Waals surface area (Å²) < 4.78 is 0. The van der Waals surface area contributed by atoms with Crippen LogP contribution in [0.2, 0.25) is 0 Å². The molecule has 4 heteroatoms. The molecule has 4 nitrogen and oxygen atoms in total. The van der Waals surface area contributed by atoms with E-state index in [9.17, 15) is 14.7 Å². The highest BCUT2D eigenvalue weighted by Crippen LogP contribution is 2.35. The maximum absolute atomic E-state index is 11.9. The molecule has 1 rings (SSSR count). The minimum absolute atomic E-state index is 0.190. The molecule has 0 bridgehead atoms. The molecule has 0 saturated heterocycles. The van der Waals surface area contributed by atoms with E-state index in [0.29, 0.717) is 12.8 Å². The number of unbranched alkanes of at least 4 members (excludes halogenated alkanes) is 4. The highest BCUT2D eigenvalue weighted by atomic mass is 16.4. The Morgan fingerprint density at radius 1 is 1.04 bits per heavy atom. The highest BCUT2D eigenvalue weighted by molar-refractivity contribution is 5.89. The molecule has 142 valence electrons. The van der Waals surface area contributed by atoms with E-state index in [2.05, 4.69) is 19.1 Å². The average Bonchev–Trinajstić information content (AvgIpc) is 2.92. The van der Waals surface area contributed by atoms with E-state index in [1.165, 1.54) is 0 Å². The predicted molar refractivity (Wildman–Crippen MR) is 100 cm³/mol. The summed E-state index contributed by atoms with van der Waals surface area (Å²) in [6, 6.07) is 0. The molecule has 2 N–H and O–H groups in total. The van der Waals surface area contributed by atoms with Gasteiger partial charge < -0.3 is 10.2 Å². The van der Waals surface area contributed by atoms with Crippen LogP contribution in [0.3, 0.4) is 0 Å². The average molecular weight is 350 g/mol. The largest absolute Gasteiger partial charge is 0.481 e. The number of rotatable bonds is 13. The fraction of sp³-hybridized carbons (Fsp3) is 0.714. The lowest BCUT2D eigenvalue weighted by molar-refractivity contribution is -0.137. The van der Waals surface area contributed by atoms with Crippen LogP contribution in [0.4, 0.5) is 0 Å². The van der Waals surface area contributed by atoms with Crippen molar-refractivity contribution < 1.29 is 19.8 Å². The Labute approximate surface area is 152 Å². The van der Waals surface area contributed by atoms with Gasteiger partial charge in [-0.2, -0.15) is 0 Å². The molecule has 1 aliphatic carbocycles. The van der Waals surface area contributed by atoms with Gasteiger partial charge in [-0.05, 0) is 62.9 Å². The van der Waals surface area contributed by atoms with E-state index < -0.39 is 5.97 Å². The van der Waals surface area contributed by atoms with Crippen molar-refractivity contribution in [2.45, 2.75) is 83.7 Å². The fourth-order valence-corrected chi connectivity index (χ4v) is 3.42. The van der Waals surface area contributed by atoms with Gasteiger partial charge in [0.15, 0.2) is 5.78 Å². The van der Waals surface area contributed by atoms with E-state index in [1.807, 2.05) is 6.08 Å². The number of carboxylic acids is 1. The molecule has 1 fully saturated rings. The van der Waals surface area contributed by atoms with Gasteiger partial charge in [0, 0.05) is 12.8 Å². The van der Waals surface area contributed by atoms with Crippen molar-refractivity contribution in [1.82, 2.24) is 0 Å². The Morgan fingerprint density at radius 3 is 2.52 bits per heavy atom. The van der Waals surface area contributed by atoms with Crippen LogP contribution in [-0.2, 0) is 9.59 Å². The monoisotopic (exact) mass is 350 g/mol. The number of aliphatic carboxylic acids is 1. The number of carbonyl (C=O) groups is 2. The van der Waals surface area contributed by atoms with Gasteiger partial charge >= 0.3 is 5.97 Å². The van der Waals surface area contributed by atoms with Crippen LogP contribution in [0.1, 0.15) is 77.6 Å². The van der Waals surface area contributed by atoms with Crippen LogP contribution in [0.5, 0.6) is 0 Å². The summed E-state index contributed by atoms with van der Waals surface area (Å²) in [5, 5.41) is 18.8. The molecule has 0 aliphatic heterocycles. The van der Waals surface area contributed by atoms with Gasteiger partial charge in [-0.15, -0.1) is 0 Å². The van der Waals surface area contributed by atoms with E-state index in [-0.39, 0.29) is 30.1 Å². The van der Waals surface area contributed by atoms with Crippen LogP contribution in [0.15, 0.2) is 24.3 Å². The first-order valence-corrected chi connectivity index (χ1v) is 9.80. The number of hydrogen-bond donors (Lipinski definition) is 2. The summed E-state index contributed by atoms with van der Waals surface area (Å²) in [4.78, 5) is 22.3. The third-order valence-corrected chi connectivity index (χ3v) is 4.98. The van der Waals surface area contributed by atoms with Gasteiger partial charge in [-0.25, -0.2) is 0 Å². The van der Waals surface area contributed by atoms with Gasteiger partial charge in [0.1, 0.15) is 0 Å². The standard InChI is InChI=1S/C21H34O4/c1-2-3-7-10-18(22)15-13-17-14-16-20(23)19(17)11-8-5-4-6-9-12-21(24)25/h5,8,13,15,17,19-20,23H,2-4,6-7,9-12,14,16H2,1H3,(H,24,25). The zero-order valence-electron chi connectivity index (χ0n) is 15.5. The van der Waals surface area contributed by atoms with Crippen LogP contribution >= 0.6 is 0 Å². The van der Waals surface area contributed by atoms with Gasteiger partial charge in [-0.3, -0.25) is 9.59 Å². The number of carbonyl (C=O) groups excluding carboxylic acids is 1. The number of carboxylic acid groups (broad SMARTS) is 1. The van der Waals surface area contributed by atoms with E-state index in [1.54, 1.807) is 6.08 Å². The van der Waals surface area contributed by atoms with Crippen molar-refractivity contribution in [2.24, 2.45) is 11.8 Å². The van der Waals surface area contributed by atoms with Crippen molar-refractivity contribution in [1.29, 1.82) is 0 Å². The second kappa shape index (κ2) is 12.9. The molecule has 0 aromatic heterocycles. The minimum Gasteiger partial charge on any atom is -0.481 e. The first-order chi connectivity index (χ1) is 12.0. The zero-order chi connectivity index (χ0) is 18.5. The molecular formula is C21H34O4. The number of aliphatic hydroxyl groups is 1. The van der Waals surface area contributed by atoms with Crippen molar-refractivity contribution >= 4 is 11.8 Å². The predicted octanol–water partition coefficient (Wildman–Crippen LogP) is 4.67. The molecule has 0 radical (unpaired) electrons. The normalized spacial score (nSPS) is 23.7. The van der Waals surface area contributed by atoms with Crippen LogP contribution in [0, 0.1) is 11.8 Å². The van der Waals surface area contributed by atoms with Gasteiger partial charge in [0.2, 0.25) is 0 Å². The van der Waals surface area contributed by atoms with Gasteiger partial charge in [0.05, 0.1) is 6.10 Å². The van der Waals surface area contributed by atoms with E-state index in [0.717, 1.165) is 51.4 Å². The molecule has 0 amide bonds. The molecule has 3 atom stereocenters. The molecular weight excluding hydrogens is 316 g/mol. The number of ketones is 1. The van der Waals surface area contributed by atoms with Crippen LogP contribution in [0.25, 0.3) is 0 Å². The Hall–Kier alpha value is -1.42. The van der Waals surface area contributed by atoms with Crippen molar-refractivity contribution in [2.75, 3.05) is 0 Å². The van der Waals surface area contributed by atoms with Crippen LogP contribution in [-0.4, -0.2) is 28.1 Å². The number of aliphatic hydroxyl groups excluding tert-OH is 1. The maximum Gasteiger partial charge on any atom is 0.303 e. The Bertz CT molecular complexity index is 453. The smallest absolute Gasteiger partial charge is 0.303 e. The molecule has 3 unspecified atom stereocenters. The fourth-order valence-electron chi connectivity index (χ4n) is 3.42. The van der Waals surface area contributed by atoms with Crippen LogP contribution < -0.4 is 0 Å². The Kier molecular flexibility index (Phi) is 11.1. The summed E-state index contributed by atoms with van der Waals surface area (Å²) in [6.45, 7) is 2.13. The minimum atomic E-state index is -0.739. The summed E-state index contributed by atoms with van der Waals surface area (Å²) in [7, 11) is 0. The first-order valence-electron chi connectivity index (χ1n) is 9.80. The maximum atomic E-state index is 11.9. The van der Waals surface area contributed by atoms with Crippen molar-refractivity contribution in [3.8, 4) is 0 Å². The van der Waals surface area contributed by atoms with E-state index in [4.69, 9.17) is 5.11 Å². The summed E-state index contributed by atoms with van der Waals surface area (Å²) in [5.41, 5.74) is 0. The Morgan fingerprint density at radius 2 is 1.80 bits per heavy atom. The summed E-state index contributed by atoms with van der Waals surface area (Å²) in [6.07, 6.45) is 16.7. The first kappa shape index (κ1) is 21.6. The molecule has 0 heterocycles. The lowest BCUT2D eigenvalue weighted by Gasteiger charge is -2.17. The number of hydrogen-bond acceptors (Lipinski definition) is 3. The lowest BCUT2D eigenvalue weighted by atomic mass is 9.90. The number of allylic oxidation sites excluding steroid dienone is 4. The van der Waals surface area contributed by atoms with Crippen molar-refractivity contribution in [3.63, 3.8) is 0 Å². The van der Waals surface area contributed by atoms with Gasteiger partial charge in [0.25, 0.3) is 0 Å². The molecule has 1 aliphatic rings. The molecule has 0 aromatic carbocycles. The SMILES string of the molecule is CCCCCC(=O)C=CC1CCC(O)C1CC=CCCCCC(=O)O. The molecule has 25 heavy (non-hydrogen) atoms. The zero-order valence-corrected chi connectivity index (χ0v) is 15.5. The topological polar surface area (TPSA) is 74.6 Å². The second-order valence-corrected chi connectivity index (χ2v) is 7.10.